The number of hydrogen-bond acceptors (Lipinski definition) is 10. The lowest BCUT2D eigenvalue weighted by Crippen LogP contribution is -2.39. The normalized spacial score (nSPS) is 37.6. The molecule has 3 heterocycles. The highest BCUT2D eigenvalue weighted by Gasteiger charge is 2.47. The molecular formula is C16H21BrN2O10. The molecule has 13 heteroatoms. The summed E-state index contributed by atoms with van der Waals surface area (Å²) in [6.07, 6.45) is -7.90. The first kappa shape index (κ1) is 22.3. The number of aliphatic hydroxyl groups excluding tert-OH is 5. The van der Waals surface area contributed by atoms with E-state index in [0.717, 1.165) is 4.57 Å². The standard InChI is InChI=1S/C16H21BrN2O10/c17-2-1-6-3-19(16(26)18-13(6)25)14-11(23)10(22)8(28-14)5-27-15-12(24)9(21)7(4-20)29-15/h1-3,7-12,14-15,20-24H,4-5H2,(H,18,25,26)/b2-1+/t7-,8-,9-,10-,11-,12+,14+,15?/m1/s1. The molecule has 0 spiro atoms. The Kier molecular flexibility index (Phi) is 7.03. The Bertz CT molecular complexity index is 857. The molecular weight excluding hydrogens is 460 g/mol. The van der Waals surface area contributed by atoms with Crippen LogP contribution in [0.1, 0.15) is 11.8 Å². The summed E-state index contributed by atoms with van der Waals surface area (Å²) in [6, 6.07) is 0. The van der Waals surface area contributed by atoms with E-state index in [-0.39, 0.29) is 12.2 Å². The van der Waals surface area contributed by atoms with E-state index in [2.05, 4.69) is 20.9 Å². The summed E-state index contributed by atoms with van der Waals surface area (Å²) in [4.78, 5) is 27.4. The molecule has 0 aliphatic carbocycles. The third-order valence-electron chi connectivity index (χ3n) is 4.77. The fourth-order valence-corrected chi connectivity index (χ4v) is 3.45. The zero-order chi connectivity index (χ0) is 21.3. The van der Waals surface area contributed by atoms with Crippen LogP contribution in [-0.2, 0) is 14.2 Å². The number of nitrogens with zero attached hydrogens (tertiary/aromatic N) is 1. The van der Waals surface area contributed by atoms with E-state index in [1.165, 1.54) is 17.3 Å². The lowest BCUT2D eigenvalue weighted by Gasteiger charge is -2.20. The van der Waals surface area contributed by atoms with E-state index < -0.39 is 67.0 Å². The maximum Gasteiger partial charge on any atom is 0.330 e. The number of aromatic amines is 1. The lowest BCUT2D eigenvalue weighted by atomic mass is 10.1. The number of nitrogens with one attached hydrogen (secondary N) is 1. The Morgan fingerprint density at radius 1 is 1.10 bits per heavy atom. The van der Waals surface area contributed by atoms with Crippen LogP contribution in [0.4, 0.5) is 0 Å². The van der Waals surface area contributed by atoms with E-state index in [1.54, 1.807) is 0 Å². The first-order valence-corrected chi connectivity index (χ1v) is 9.58. The minimum atomic E-state index is -1.52. The van der Waals surface area contributed by atoms with Crippen LogP contribution in [0.25, 0.3) is 6.08 Å². The van der Waals surface area contributed by atoms with Gasteiger partial charge in [0.25, 0.3) is 5.56 Å². The highest BCUT2D eigenvalue weighted by molar-refractivity contribution is 9.11. The second-order valence-electron chi connectivity index (χ2n) is 6.63. The number of halogens is 1. The van der Waals surface area contributed by atoms with E-state index >= 15 is 0 Å². The average molecular weight is 481 g/mol. The molecule has 162 valence electrons. The largest absolute Gasteiger partial charge is 0.394 e. The van der Waals surface area contributed by atoms with Gasteiger partial charge in [-0.2, -0.15) is 0 Å². The van der Waals surface area contributed by atoms with Crippen LogP contribution in [0.3, 0.4) is 0 Å². The second-order valence-corrected chi connectivity index (χ2v) is 7.16. The van der Waals surface area contributed by atoms with Crippen LogP contribution in [0.15, 0.2) is 20.8 Å². The number of H-pyrrole nitrogens is 1. The van der Waals surface area contributed by atoms with Crippen LogP contribution in [0.2, 0.25) is 0 Å². The average Bonchev–Trinajstić information content (AvgIpc) is 3.13. The molecule has 29 heavy (non-hydrogen) atoms. The van der Waals surface area contributed by atoms with Crippen molar-refractivity contribution in [3.05, 3.63) is 37.6 Å². The van der Waals surface area contributed by atoms with Crippen molar-refractivity contribution in [2.45, 2.75) is 49.1 Å². The van der Waals surface area contributed by atoms with Gasteiger partial charge in [0, 0.05) is 6.20 Å². The van der Waals surface area contributed by atoms with Gasteiger partial charge in [0.1, 0.15) is 36.6 Å². The fourth-order valence-electron chi connectivity index (χ4n) is 3.17. The van der Waals surface area contributed by atoms with Crippen molar-refractivity contribution in [1.29, 1.82) is 0 Å². The van der Waals surface area contributed by atoms with Gasteiger partial charge < -0.3 is 39.7 Å². The molecule has 3 rings (SSSR count). The number of ether oxygens (including phenoxy) is 3. The number of hydrogen-bond donors (Lipinski definition) is 6. The van der Waals surface area contributed by atoms with Gasteiger partial charge >= 0.3 is 5.69 Å². The zero-order valence-electron chi connectivity index (χ0n) is 14.9. The van der Waals surface area contributed by atoms with Crippen molar-refractivity contribution in [1.82, 2.24) is 9.55 Å². The molecule has 0 saturated carbocycles. The van der Waals surface area contributed by atoms with Gasteiger partial charge in [0.15, 0.2) is 12.5 Å². The third-order valence-corrected chi connectivity index (χ3v) is 5.04. The molecule has 1 aromatic heterocycles. The van der Waals surface area contributed by atoms with Crippen molar-refractivity contribution >= 4 is 22.0 Å². The Morgan fingerprint density at radius 2 is 1.79 bits per heavy atom. The molecule has 1 unspecified atom stereocenters. The monoisotopic (exact) mass is 480 g/mol. The van der Waals surface area contributed by atoms with E-state index in [0.29, 0.717) is 0 Å². The summed E-state index contributed by atoms with van der Waals surface area (Å²) in [5.74, 6) is 0. The molecule has 2 fully saturated rings. The van der Waals surface area contributed by atoms with Crippen molar-refractivity contribution in [3.8, 4) is 0 Å². The highest BCUT2D eigenvalue weighted by atomic mass is 79.9. The summed E-state index contributed by atoms with van der Waals surface area (Å²) in [7, 11) is 0. The minimum absolute atomic E-state index is 0.109. The van der Waals surface area contributed by atoms with Crippen LogP contribution < -0.4 is 11.2 Å². The zero-order valence-corrected chi connectivity index (χ0v) is 16.5. The van der Waals surface area contributed by atoms with Gasteiger partial charge in [-0.1, -0.05) is 15.9 Å². The van der Waals surface area contributed by atoms with Gasteiger partial charge in [0.2, 0.25) is 0 Å². The minimum Gasteiger partial charge on any atom is -0.394 e. The molecule has 2 aliphatic heterocycles. The Morgan fingerprint density at radius 3 is 2.41 bits per heavy atom. The van der Waals surface area contributed by atoms with Gasteiger partial charge in [-0.15, -0.1) is 0 Å². The first-order chi connectivity index (χ1) is 13.8. The van der Waals surface area contributed by atoms with Gasteiger partial charge in [-0.3, -0.25) is 14.3 Å². The van der Waals surface area contributed by atoms with Crippen molar-refractivity contribution in [3.63, 3.8) is 0 Å². The Hall–Kier alpha value is -1.42. The van der Waals surface area contributed by atoms with E-state index in [4.69, 9.17) is 19.3 Å². The first-order valence-electron chi connectivity index (χ1n) is 8.66. The number of aromatic nitrogens is 2. The summed E-state index contributed by atoms with van der Waals surface area (Å²) < 4.78 is 16.9. The molecule has 2 aliphatic rings. The maximum atomic E-state index is 12.1. The van der Waals surface area contributed by atoms with Crippen LogP contribution >= 0.6 is 15.9 Å². The maximum absolute atomic E-state index is 12.1. The molecule has 12 nitrogen and oxygen atoms in total. The van der Waals surface area contributed by atoms with E-state index in [9.17, 15) is 30.0 Å². The van der Waals surface area contributed by atoms with Gasteiger partial charge in [0.05, 0.1) is 18.8 Å². The van der Waals surface area contributed by atoms with Crippen LogP contribution in [0.5, 0.6) is 0 Å². The SMILES string of the molecule is O=c1[nH]c(=O)n([C@H]2O[C@H](COC3O[C@H](CO)[C@@H](O)[C@@H]3O)[C@@H](O)[C@H]2O)cc1/C=C/Br. The summed E-state index contributed by atoms with van der Waals surface area (Å²) in [5.41, 5.74) is -1.37. The molecule has 6 N–H and O–H groups in total. The predicted molar refractivity (Wildman–Crippen MR) is 98.9 cm³/mol. The number of rotatable bonds is 6. The van der Waals surface area contributed by atoms with Crippen LogP contribution in [0, 0.1) is 0 Å². The van der Waals surface area contributed by atoms with E-state index in [1.807, 2.05) is 0 Å². The third kappa shape index (κ3) is 4.38. The van der Waals surface area contributed by atoms with Crippen molar-refractivity contribution < 1.29 is 39.7 Å². The summed E-state index contributed by atoms with van der Waals surface area (Å²) in [6.45, 7) is -0.880. The molecule has 8 atom stereocenters. The smallest absolute Gasteiger partial charge is 0.330 e. The van der Waals surface area contributed by atoms with Gasteiger partial charge in [-0.05, 0) is 11.1 Å². The molecule has 0 aromatic carbocycles. The fraction of sp³-hybridized carbons (Fsp3) is 0.625. The second kappa shape index (κ2) is 9.16. The summed E-state index contributed by atoms with van der Waals surface area (Å²) >= 11 is 3.03. The molecule has 1 aromatic rings. The van der Waals surface area contributed by atoms with Crippen molar-refractivity contribution in [2.24, 2.45) is 0 Å². The van der Waals surface area contributed by atoms with Gasteiger partial charge in [-0.25, -0.2) is 4.79 Å². The molecule has 0 bridgehead atoms. The predicted octanol–water partition coefficient (Wildman–Crippen LogP) is -3.02. The molecule has 0 radical (unpaired) electrons. The molecule has 0 amide bonds. The van der Waals surface area contributed by atoms with Crippen LogP contribution in [-0.4, -0.2) is 91.2 Å². The lowest BCUT2D eigenvalue weighted by molar-refractivity contribution is -0.190. The highest BCUT2D eigenvalue weighted by Crippen LogP contribution is 2.30. The Balaban J connectivity index is 1.72. The summed E-state index contributed by atoms with van der Waals surface area (Å²) in [5, 5.41) is 49.2. The number of aliphatic hydroxyl groups is 5. The quantitative estimate of drug-likeness (QED) is 0.245. The Labute approximate surface area is 171 Å². The topological polar surface area (TPSA) is 184 Å². The molecule has 2 saturated heterocycles. The van der Waals surface area contributed by atoms with Crippen molar-refractivity contribution in [2.75, 3.05) is 13.2 Å².